The molecule has 6 nitrogen and oxygen atoms in total. The first-order valence-corrected chi connectivity index (χ1v) is 7.83. The van der Waals surface area contributed by atoms with E-state index in [-0.39, 0.29) is 11.6 Å². The van der Waals surface area contributed by atoms with Crippen LogP contribution in [0.1, 0.15) is 32.1 Å². The third-order valence-electron chi connectivity index (χ3n) is 3.56. The van der Waals surface area contributed by atoms with Crippen LogP contribution < -0.4 is 10.6 Å². The van der Waals surface area contributed by atoms with E-state index in [4.69, 9.17) is 0 Å². The van der Waals surface area contributed by atoms with Gasteiger partial charge in [-0.2, -0.15) is 0 Å². The highest BCUT2D eigenvalue weighted by molar-refractivity contribution is 9.10. The highest BCUT2D eigenvalue weighted by atomic mass is 79.9. The number of carbonyl (C=O) groups excluding carboxylic acids is 1. The fourth-order valence-corrected chi connectivity index (χ4v) is 2.82. The molecule has 1 fully saturated rings. The number of benzene rings is 1. The molecule has 1 saturated heterocycles. The van der Waals surface area contributed by atoms with Gasteiger partial charge in [-0.15, -0.1) is 0 Å². The number of piperidine rings is 1. The standard InChI is InChI=1S/C14H18BrN3O3/c15-12-6-4-11(9-13(12)18(20)21)17-14(19)7-5-10-3-1-2-8-16-10/h4,6,9-10,16H,1-3,5,7-8H2,(H,17,19). The van der Waals surface area contributed by atoms with E-state index in [1.54, 1.807) is 12.1 Å². The summed E-state index contributed by atoms with van der Waals surface area (Å²) >= 11 is 3.12. The van der Waals surface area contributed by atoms with Crippen LogP contribution in [0.15, 0.2) is 22.7 Å². The van der Waals surface area contributed by atoms with E-state index in [1.807, 2.05) is 0 Å². The van der Waals surface area contributed by atoms with Crippen molar-refractivity contribution in [2.45, 2.75) is 38.1 Å². The summed E-state index contributed by atoms with van der Waals surface area (Å²) in [4.78, 5) is 22.3. The van der Waals surface area contributed by atoms with Crippen LogP contribution in [0.5, 0.6) is 0 Å². The summed E-state index contributed by atoms with van der Waals surface area (Å²) in [5.41, 5.74) is 0.397. The minimum Gasteiger partial charge on any atom is -0.326 e. The minimum atomic E-state index is -0.480. The van der Waals surface area contributed by atoms with Crippen LogP contribution in [0.4, 0.5) is 11.4 Å². The third kappa shape index (κ3) is 4.78. The van der Waals surface area contributed by atoms with Crippen molar-refractivity contribution in [1.29, 1.82) is 0 Å². The van der Waals surface area contributed by atoms with Crippen LogP contribution in [-0.2, 0) is 4.79 Å². The lowest BCUT2D eigenvalue weighted by atomic mass is 10.0. The molecule has 21 heavy (non-hydrogen) atoms. The molecular weight excluding hydrogens is 338 g/mol. The Kier molecular flexibility index (Phi) is 5.69. The zero-order chi connectivity index (χ0) is 15.2. The fraction of sp³-hybridized carbons (Fsp3) is 0.500. The van der Waals surface area contributed by atoms with Crippen molar-refractivity contribution >= 4 is 33.2 Å². The number of hydrogen-bond donors (Lipinski definition) is 2. The van der Waals surface area contributed by atoms with Gasteiger partial charge in [0.15, 0.2) is 0 Å². The number of hydrogen-bond acceptors (Lipinski definition) is 4. The van der Waals surface area contributed by atoms with Crippen molar-refractivity contribution < 1.29 is 9.72 Å². The number of halogens is 1. The fourth-order valence-electron chi connectivity index (χ4n) is 2.43. The monoisotopic (exact) mass is 355 g/mol. The van der Waals surface area contributed by atoms with Gasteiger partial charge < -0.3 is 10.6 Å². The number of nitrogens with one attached hydrogen (secondary N) is 2. The highest BCUT2D eigenvalue weighted by Gasteiger charge is 2.16. The summed E-state index contributed by atoms with van der Waals surface area (Å²) in [5, 5.41) is 17.0. The molecule has 0 spiro atoms. The molecule has 2 N–H and O–H groups in total. The maximum absolute atomic E-state index is 11.9. The summed E-state index contributed by atoms with van der Waals surface area (Å²) in [5.74, 6) is -0.112. The predicted octanol–water partition coefficient (Wildman–Crippen LogP) is 3.22. The number of nitro groups is 1. The van der Waals surface area contributed by atoms with Crippen molar-refractivity contribution in [3.8, 4) is 0 Å². The van der Waals surface area contributed by atoms with E-state index in [0.717, 1.165) is 19.4 Å². The van der Waals surface area contributed by atoms with Crippen molar-refractivity contribution in [1.82, 2.24) is 5.32 Å². The van der Waals surface area contributed by atoms with Crippen LogP contribution >= 0.6 is 15.9 Å². The van der Waals surface area contributed by atoms with Gasteiger partial charge in [-0.1, -0.05) is 6.42 Å². The highest BCUT2D eigenvalue weighted by Crippen LogP contribution is 2.27. The predicted molar refractivity (Wildman–Crippen MR) is 84.3 cm³/mol. The summed E-state index contributed by atoms with van der Waals surface area (Å²) in [6.45, 7) is 1.02. The van der Waals surface area contributed by atoms with E-state index in [0.29, 0.717) is 22.6 Å². The van der Waals surface area contributed by atoms with Gasteiger partial charge in [-0.05, 0) is 53.9 Å². The first-order valence-electron chi connectivity index (χ1n) is 7.03. The second kappa shape index (κ2) is 7.51. The zero-order valence-corrected chi connectivity index (χ0v) is 13.2. The smallest absolute Gasteiger partial charge is 0.285 e. The third-order valence-corrected chi connectivity index (χ3v) is 4.23. The molecule has 0 bridgehead atoms. The number of rotatable bonds is 5. The van der Waals surface area contributed by atoms with Gasteiger partial charge >= 0.3 is 0 Å². The molecule has 0 aromatic heterocycles. The summed E-state index contributed by atoms with van der Waals surface area (Å²) in [6, 6.07) is 4.98. The Morgan fingerprint density at radius 1 is 1.48 bits per heavy atom. The number of carbonyl (C=O) groups is 1. The Morgan fingerprint density at radius 3 is 2.95 bits per heavy atom. The molecule has 0 aliphatic carbocycles. The van der Waals surface area contributed by atoms with Crippen LogP contribution in [0.3, 0.4) is 0 Å². The van der Waals surface area contributed by atoms with Crippen LogP contribution in [0, 0.1) is 10.1 Å². The Balaban J connectivity index is 1.87. The summed E-state index contributed by atoms with van der Waals surface area (Å²) in [7, 11) is 0. The second-order valence-corrected chi connectivity index (χ2v) is 6.01. The Hall–Kier alpha value is -1.47. The number of nitrogens with zero attached hydrogens (tertiary/aromatic N) is 1. The lowest BCUT2D eigenvalue weighted by Gasteiger charge is -2.23. The summed E-state index contributed by atoms with van der Waals surface area (Å²) < 4.78 is 0.400. The number of nitro benzene ring substituents is 1. The van der Waals surface area contributed by atoms with Crippen LogP contribution in [-0.4, -0.2) is 23.4 Å². The first kappa shape index (κ1) is 15.9. The van der Waals surface area contributed by atoms with Crippen LogP contribution in [0.2, 0.25) is 0 Å². The van der Waals surface area contributed by atoms with Gasteiger partial charge in [0.1, 0.15) is 0 Å². The first-order chi connectivity index (χ1) is 10.1. The molecule has 0 saturated carbocycles. The zero-order valence-electron chi connectivity index (χ0n) is 11.6. The average Bonchev–Trinajstić information content (AvgIpc) is 2.48. The molecule has 1 heterocycles. The molecular formula is C14H18BrN3O3. The van der Waals surface area contributed by atoms with Gasteiger partial charge in [0.05, 0.1) is 9.40 Å². The Labute approximate surface area is 131 Å². The molecule has 1 amide bonds. The van der Waals surface area contributed by atoms with Crippen molar-refractivity contribution in [2.24, 2.45) is 0 Å². The molecule has 7 heteroatoms. The summed E-state index contributed by atoms with van der Waals surface area (Å²) in [6.07, 6.45) is 4.73. The lowest BCUT2D eigenvalue weighted by Crippen LogP contribution is -2.34. The van der Waals surface area contributed by atoms with E-state index in [1.165, 1.54) is 18.9 Å². The SMILES string of the molecule is O=C(CCC1CCCCN1)Nc1ccc(Br)c([N+](=O)[O-])c1. The number of amides is 1. The van der Waals surface area contributed by atoms with Gasteiger partial charge in [0, 0.05) is 24.2 Å². The largest absolute Gasteiger partial charge is 0.326 e. The quantitative estimate of drug-likeness (QED) is 0.627. The van der Waals surface area contributed by atoms with Crippen molar-refractivity contribution in [3.05, 3.63) is 32.8 Å². The lowest BCUT2D eigenvalue weighted by molar-refractivity contribution is -0.385. The second-order valence-electron chi connectivity index (χ2n) is 5.16. The van der Waals surface area contributed by atoms with E-state index in [9.17, 15) is 14.9 Å². The number of anilines is 1. The molecule has 114 valence electrons. The Morgan fingerprint density at radius 2 is 2.29 bits per heavy atom. The minimum absolute atomic E-state index is 0.0539. The Bertz CT molecular complexity index is 530. The molecule has 1 aliphatic heterocycles. The molecule has 1 aromatic rings. The van der Waals surface area contributed by atoms with Crippen LogP contribution in [0.25, 0.3) is 0 Å². The van der Waals surface area contributed by atoms with Gasteiger partial charge in [-0.3, -0.25) is 14.9 Å². The maximum Gasteiger partial charge on any atom is 0.285 e. The van der Waals surface area contributed by atoms with Gasteiger partial charge in [0.2, 0.25) is 5.91 Å². The van der Waals surface area contributed by atoms with E-state index >= 15 is 0 Å². The normalized spacial score (nSPS) is 18.2. The molecule has 2 rings (SSSR count). The van der Waals surface area contributed by atoms with E-state index < -0.39 is 4.92 Å². The van der Waals surface area contributed by atoms with Crippen molar-refractivity contribution in [3.63, 3.8) is 0 Å². The maximum atomic E-state index is 11.9. The molecule has 1 unspecified atom stereocenters. The molecule has 0 radical (unpaired) electrons. The topological polar surface area (TPSA) is 84.3 Å². The van der Waals surface area contributed by atoms with Crippen molar-refractivity contribution in [2.75, 3.05) is 11.9 Å². The average molecular weight is 356 g/mol. The molecule has 1 aromatic carbocycles. The van der Waals surface area contributed by atoms with Gasteiger partial charge in [-0.25, -0.2) is 0 Å². The van der Waals surface area contributed by atoms with Gasteiger partial charge in [0.25, 0.3) is 5.69 Å². The molecule has 1 aliphatic rings. The molecule has 1 atom stereocenters. The van der Waals surface area contributed by atoms with E-state index in [2.05, 4.69) is 26.6 Å².